The van der Waals surface area contributed by atoms with Crippen LogP contribution in [-0.4, -0.2) is 35.4 Å². The van der Waals surface area contributed by atoms with Crippen LogP contribution in [0.2, 0.25) is 0 Å². The number of nitrogens with zero attached hydrogens (tertiary/aromatic N) is 2. The minimum Gasteiger partial charge on any atom is -0.496 e. The number of aromatic nitrogens is 1. The molecule has 20 heavy (non-hydrogen) atoms. The van der Waals surface area contributed by atoms with Crippen molar-refractivity contribution < 1.29 is 4.74 Å². The first-order valence-corrected chi connectivity index (χ1v) is 8.55. The number of alkyl halides is 1. The average molecular weight is 341 g/mol. The molecule has 0 spiro atoms. The molecule has 1 atom stereocenters. The van der Waals surface area contributed by atoms with Crippen LogP contribution in [0, 0.1) is 19.8 Å². The number of methoxy groups -OCH3 is 1. The van der Waals surface area contributed by atoms with E-state index in [0.29, 0.717) is 0 Å². The summed E-state index contributed by atoms with van der Waals surface area (Å²) in [5.41, 5.74) is 3.46. The van der Waals surface area contributed by atoms with Crippen molar-refractivity contribution in [2.75, 3.05) is 25.5 Å². The Morgan fingerprint density at radius 3 is 2.95 bits per heavy atom. The van der Waals surface area contributed by atoms with Crippen molar-refractivity contribution in [1.29, 1.82) is 0 Å². The Kier molecular flexibility index (Phi) is 5.85. The van der Waals surface area contributed by atoms with Gasteiger partial charge in [0.05, 0.1) is 12.8 Å². The maximum Gasteiger partial charge on any atom is 0.128 e. The number of aryl methyl sites for hydroxylation is 1. The van der Waals surface area contributed by atoms with Crippen LogP contribution in [0.1, 0.15) is 36.1 Å². The molecule has 0 radical (unpaired) electrons. The largest absolute Gasteiger partial charge is 0.496 e. The first-order chi connectivity index (χ1) is 9.65. The van der Waals surface area contributed by atoms with E-state index in [-0.39, 0.29) is 0 Å². The molecule has 0 aliphatic carbocycles. The van der Waals surface area contributed by atoms with Crippen molar-refractivity contribution in [3.63, 3.8) is 0 Å². The molecule has 0 amide bonds. The molecule has 1 unspecified atom stereocenters. The van der Waals surface area contributed by atoms with Gasteiger partial charge >= 0.3 is 0 Å². The van der Waals surface area contributed by atoms with Gasteiger partial charge in [-0.3, -0.25) is 9.88 Å². The predicted octanol–water partition coefficient (Wildman–Crippen LogP) is 3.70. The Morgan fingerprint density at radius 2 is 2.25 bits per heavy atom. The number of hydrogen-bond acceptors (Lipinski definition) is 3. The molecule has 1 aromatic rings. The molecule has 2 rings (SSSR count). The molecule has 1 aromatic heterocycles. The van der Waals surface area contributed by atoms with Gasteiger partial charge in [0, 0.05) is 35.7 Å². The van der Waals surface area contributed by atoms with Gasteiger partial charge in [0.15, 0.2) is 0 Å². The first-order valence-electron chi connectivity index (χ1n) is 7.43. The van der Waals surface area contributed by atoms with Gasteiger partial charge in [0.25, 0.3) is 0 Å². The van der Waals surface area contributed by atoms with Crippen LogP contribution in [0.15, 0.2) is 6.20 Å². The van der Waals surface area contributed by atoms with Gasteiger partial charge in [0.2, 0.25) is 0 Å². The molecular formula is C16H25BrN2O. The number of ether oxygens (including phenoxy) is 1. The molecule has 2 heterocycles. The summed E-state index contributed by atoms with van der Waals surface area (Å²) in [4.78, 5) is 7.16. The van der Waals surface area contributed by atoms with Crippen molar-refractivity contribution in [3.05, 3.63) is 23.0 Å². The molecule has 0 bridgehead atoms. The predicted molar refractivity (Wildman–Crippen MR) is 86.7 cm³/mol. The Balaban J connectivity index is 2.06. The van der Waals surface area contributed by atoms with Crippen LogP contribution >= 0.6 is 15.9 Å². The summed E-state index contributed by atoms with van der Waals surface area (Å²) < 4.78 is 5.50. The molecular weight excluding hydrogens is 316 g/mol. The number of pyridine rings is 1. The molecule has 0 N–H and O–H groups in total. The second-order valence-electron chi connectivity index (χ2n) is 5.77. The van der Waals surface area contributed by atoms with E-state index >= 15 is 0 Å². The van der Waals surface area contributed by atoms with Gasteiger partial charge in [-0.05, 0) is 45.6 Å². The summed E-state index contributed by atoms with van der Waals surface area (Å²) in [5, 5.41) is 1.11. The van der Waals surface area contributed by atoms with E-state index in [1.807, 2.05) is 6.20 Å². The van der Waals surface area contributed by atoms with Crippen LogP contribution in [0.4, 0.5) is 0 Å². The number of hydrogen-bond donors (Lipinski definition) is 0. The molecule has 1 aliphatic rings. The Bertz CT molecular complexity index is 448. The lowest BCUT2D eigenvalue weighted by molar-refractivity contribution is 0.163. The van der Waals surface area contributed by atoms with Gasteiger partial charge in [0.1, 0.15) is 5.75 Å². The standard InChI is InChI=1S/C16H25BrN2O/c1-12-9-18-15(13(2)16(12)20-3)11-19-8-4-5-14(10-19)6-7-17/h9,14H,4-8,10-11H2,1-3H3. The fourth-order valence-electron chi connectivity index (χ4n) is 3.13. The first kappa shape index (κ1) is 15.8. The molecule has 112 valence electrons. The van der Waals surface area contributed by atoms with Crippen molar-refractivity contribution in [2.24, 2.45) is 5.92 Å². The topological polar surface area (TPSA) is 25.4 Å². The van der Waals surface area contributed by atoms with E-state index in [4.69, 9.17) is 4.74 Å². The zero-order valence-electron chi connectivity index (χ0n) is 12.8. The third-order valence-corrected chi connectivity index (χ3v) is 4.70. The fourth-order valence-corrected chi connectivity index (χ4v) is 3.77. The third kappa shape index (κ3) is 3.73. The van der Waals surface area contributed by atoms with Crippen LogP contribution in [0.25, 0.3) is 0 Å². The van der Waals surface area contributed by atoms with E-state index in [0.717, 1.165) is 34.8 Å². The second kappa shape index (κ2) is 7.41. The van der Waals surface area contributed by atoms with Crippen molar-refractivity contribution in [2.45, 2.75) is 39.7 Å². The van der Waals surface area contributed by atoms with E-state index in [9.17, 15) is 0 Å². The van der Waals surface area contributed by atoms with Crippen molar-refractivity contribution >= 4 is 15.9 Å². The van der Waals surface area contributed by atoms with Crippen LogP contribution in [0.5, 0.6) is 5.75 Å². The molecule has 3 nitrogen and oxygen atoms in total. The highest BCUT2D eigenvalue weighted by molar-refractivity contribution is 9.09. The second-order valence-corrected chi connectivity index (χ2v) is 6.56. The van der Waals surface area contributed by atoms with Crippen molar-refractivity contribution in [1.82, 2.24) is 9.88 Å². The van der Waals surface area contributed by atoms with Gasteiger partial charge < -0.3 is 4.74 Å². The maximum atomic E-state index is 5.50. The molecule has 0 saturated carbocycles. The Hall–Kier alpha value is -0.610. The summed E-state index contributed by atoms with van der Waals surface area (Å²) in [5.74, 6) is 1.82. The van der Waals surface area contributed by atoms with E-state index in [2.05, 4.69) is 39.7 Å². The van der Waals surface area contributed by atoms with E-state index in [1.54, 1.807) is 7.11 Å². The zero-order chi connectivity index (χ0) is 14.5. The maximum absolute atomic E-state index is 5.50. The van der Waals surface area contributed by atoms with E-state index in [1.165, 1.54) is 37.9 Å². The van der Waals surface area contributed by atoms with Gasteiger partial charge in [-0.15, -0.1) is 0 Å². The minimum absolute atomic E-state index is 0.829. The average Bonchev–Trinajstić information content (AvgIpc) is 2.43. The summed E-state index contributed by atoms with van der Waals surface area (Å²) in [7, 11) is 1.74. The number of likely N-dealkylation sites (tertiary alicyclic amines) is 1. The lowest BCUT2D eigenvalue weighted by atomic mass is 9.95. The molecule has 0 aromatic carbocycles. The quantitative estimate of drug-likeness (QED) is 0.764. The van der Waals surface area contributed by atoms with Gasteiger partial charge in [-0.25, -0.2) is 0 Å². The summed E-state index contributed by atoms with van der Waals surface area (Å²) in [6.45, 7) is 7.50. The molecule has 1 saturated heterocycles. The highest BCUT2D eigenvalue weighted by Gasteiger charge is 2.21. The summed E-state index contributed by atoms with van der Waals surface area (Å²) in [6, 6.07) is 0. The fraction of sp³-hybridized carbons (Fsp3) is 0.688. The van der Waals surface area contributed by atoms with Crippen LogP contribution in [-0.2, 0) is 6.54 Å². The third-order valence-electron chi connectivity index (χ3n) is 4.24. The number of halogens is 1. The van der Waals surface area contributed by atoms with Crippen LogP contribution in [0.3, 0.4) is 0 Å². The SMILES string of the molecule is COc1c(C)cnc(CN2CCCC(CCBr)C2)c1C. The lowest BCUT2D eigenvalue weighted by Gasteiger charge is -2.32. The van der Waals surface area contributed by atoms with Gasteiger partial charge in [-0.2, -0.15) is 0 Å². The molecule has 1 aliphatic heterocycles. The monoisotopic (exact) mass is 340 g/mol. The smallest absolute Gasteiger partial charge is 0.128 e. The Labute approximate surface area is 130 Å². The Morgan fingerprint density at radius 1 is 1.45 bits per heavy atom. The van der Waals surface area contributed by atoms with Gasteiger partial charge in [-0.1, -0.05) is 15.9 Å². The minimum atomic E-state index is 0.829. The molecule has 1 fully saturated rings. The van der Waals surface area contributed by atoms with Crippen LogP contribution < -0.4 is 4.74 Å². The number of rotatable bonds is 5. The lowest BCUT2D eigenvalue weighted by Crippen LogP contribution is -2.35. The highest BCUT2D eigenvalue weighted by Crippen LogP contribution is 2.27. The van der Waals surface area contributed by atoms with E-state index < -0.39 is 0 Å². The van der Waals surface area contributed by atoms with Crippen molar-refractivity contribution in [3.8, 4) is 5.75 Å². The normalized spacial score (nSPS) is 20.1. The molecule has 4 heteroatoms. The summed E-state index contributed by atoms with van der Waals surface area (Å²) in [6.07, 6.45) is 5.88. The zero-order valence-corrected chi connectivity index (χ0v) is 14.4. The summed E-state index contributed by atoms with van der Waals surface area (Å²) >= 11 is 3.56. The highest BCUT2D eigenvalue weighted by atomic mass is 79.9. The number of piperidine rings is 1.